The van der Waals surface area contributed by atoms with Crippen molar-refractivity contribution in [2.75, 3.05) is 5.32 Å². The molecular formula is C15H20ClFN2O2. The first kappa shape index (κ1) is 14.9. The Morgan fingerprint density at radius 3 is 2.86 bits per heavy atom. The molecule has 0 radical (unpaired) electrons. The molecule has 2 aliphatic rings. The summed E-state index contributed by atoms with van der Waals surface area (Å²) in [7, 11) is 0. The molecule has 1 aromatic rings. The fraction of sp³-hybridized carbons (Fsp3) is 0.667. The number of H-pyrrole nitrogens is 1. The van der Waals surface area contributed by atoms with E-state index in [4.69, 9.17) is 11.6 Å². The third kappa shape index (κ3) is 2.94. The SMILES string of the molecule is O=C(Nc1cc(C2(O)CCC2)c[nH]1)C1CCC(F)C(Cl)C1. The van der Waals surface area contributed by atoms with E-state index in [1.807, 2.05) is 0 Å². The van der Waals surface area contributed by atoms with Gasteiger partial charge in [0.2, 0.25) is 5.91 Å². The van der Waals surface area contributed by atoms with E-state index in [9.17, 15) is 14.3 Å². The van der Waals surface area contributed by atoms with Crippen LogP contribution in [0.5, 0.6) is 0 Å². The Hall–Kier alpha value is -1.07. The minimum Gasteiger partial charge on any atom is -0.385 e. The number of aromatic amines is 1. The number of anilines is 1. The molecule has 3 N–H and O–H groups in total. The van der Waals surface area contributed by atoms with Crippen molar-refractivity contribution in [3.05, 3.63) is 17.8 Å². The average molecular weight is 315 g/mol. The fourth-order valence-electron chi connectivity index (χ4n) is 3.09. The van der Waals surface area contributed by atoms with Gasteiger partial charge in [-0.15, -0.1) is 11.6 Å². The molecule has 116 valence electrons. The standard InChI is InChI=1S/C15H20ClFN2O2/c16-11-6-9(2-3-12(11)17)14(20)19-13-7-10(8-18-13)15(21)4-1-5-15/h7-9,11-12,18,21H,1-6H2,(H,19,20). The van der Waals surface area contributed by atoms with Crippen molar-refractivity contribution in [1.29, 1.82) is 0 Å². The summed E-state index contributed by atoms with van der Waals surface area (Å²) in [6.45, 7) is 0. The zero-order valence-corrected chi connectivity index (χ0v) is 12.5. The number of hydrogen-bond acceptors (Lipinski definition) is 2. The molecule has 2 fully saturated rings. The number of alkyl halides is 2. The average Bonchev–Trinajstić information content (AvgIpc) is 2.88. The molecular weight excluding hydrogens is 295 g/mol. The van der Waals surface area contributed by atoms with Crippen molar-refractivity contribution in [2.24, 2.45) is 5.92 Å². The fourth-order valence-corrected chi connectivity index (χ4v) is 3.43. The van der Waals surface area contributed by atoms with Crippen LogP contribution in [0.4, 0.5) is 10.2 Å². The van der Waals surface area contributed by atoms with Gasteiger partial charge >= 0.3 is 0 Å². The first-order valence-electron chi connectivity index (χ1n) is 7.48. The normalized spacial score (nSPS) is 31.5. The number of hydrogen-bond donors (Lipinski definition) is 3. The zero-order chi connectivity index (χ0) is 15.0. The smallest absolute Gasteiger partial charge is 0.228 e. The van der Waals surface area contributed by atoms with E-state index in [1.165, 1.54) is 0 Å². The maximum absolute atomic E-state index is 13.3. The molecule has 3 rings (SSSR count). The number of nitrogens with one attached hydrogen (secondary N) is 2. The Labute approximate surface area is 128 Å². The maximum Gasteiger partial charge on any atom is 0.228 e. The van der Waals surface area contributed by atoms with Gasteiger partial charge in [-0.3, -0.25) is 4.79 Å². The number of rotatable bonds is 3. The molecule has 0 aromatic carbocycles. The van der Waals surface area contributed by atoms with Gasteiger partial charge in [0.05, 0.1) is 11.0 Å². The van der Waals surface area contributed by atoms with Crippen molar-refractivity contribution >= 4 is 23.3 Å². The van der Waals surface area contributed by atoms with Gasteiger partial charge in [-0.1, -0.05) is 0 Å². The zero-order valence-electron chi connectivity index (χ0n) is 11.7. The van der Waals surface area contributed by atoms with Crippen LogP contribution in [0.15, 0.2) is 12.3 Å². The number of aliphatic hydroxyl groups is 1. The highest BCUT2D eigenvalue weighted by Crippen LogP contribution is 2.41. The molecule has 21 heavy (non-hydrogen) atoms. The molecule has 2 saturated carbocycles. The van der Waals surface area contributed by atoms with Gasteiger partial charge in [-0.05, 0) is 44.6 Å². The monoisotopic (exact) mass is 314 g/mol. The highest BCUT2D eigenvalue weighted by Gasteiger charge is 2.37. The molecule has 3 unspecified atom stereocenters. The summed E-state index contributed by atoms with van der Waals surface area (Å²) >= 11 is 5.90. The largest absolute Gasteiger partial charge is 0.385 e. The predicted molar refractivity (Wildman–Crippen MR) is 79.0 cm³/mol. The topological polar surface area (TPSA) is 65.1 Å². The summed E-state index contributed by atoms with van der Waals surface area (Å²) in [4.78, 5) is 15.2. The molecule has 1 heterocycles. The second-order valence-corrected chi connectivity index (χ2v) is 6.78. The maximum atomic E-state index is 13.3. The highest BCUT2D eigenvalue weighted by atomic mass is 35.5. The van der Waals surface area contributed by atoms with Crippen molar-refractivity contribution in [3.8, 4) is 0 Å². The first-order chi connectivity index (χ1) is 9.98. The first-order valence-corrected chi connectivity index (χ1v) is 7.92. The molecule has 3 atom stereocenters. The molecule has 4 nitrogen and oxygen atoms in total. The lowest BCUT2D eigenvalue weighted by Gasteiger charge is -2.35. The molecule has 1 aromatic heterocycles. The molecule has 6 heteroatoms. The number of carbonyl (C=O) groups excluding carboxylic acids is 1. The van der Waals surface area contributed by atoms with E-state index in [0.29, 0.717) is 25.1 Å². The summed E-state index contributed by atoms with van der Waals surface area (Å²) in [5.74, 6) is 0.184. The molecule has 2 aliphatic carbocycles. The van der Waals surface area contributed by atoms with Crippen LogP contribution in [0.1, 0.15) is 44.1 Å². The minimum atomic E-state index is -1.01. The van der Waals surface area contributed by atoms with Crippen LogP contribution < -0.4 is 5.32 Å². The van der Waals surface area contributed by atoms with Crippen LogP contribution in [0.2, 0.25) is 0 Å². The van der Waals surface area contributed by atoms with E-state index in [0.717, 1.165) is 24.8 Å². The van der Waals surface area contributed by atoms with Crippen molar-refractivity contribution in [2.45, 2.75) is 55.7 Å². The van der Waals surface area contributed by atoms with E-state index >= 15 is 0 Å². The minimum absolute atomic E-state index is 0.137. The third-order valence-electron chi connectivity index (χ3n) is 4.72. The number of halogens is 2. The van der Waals surface area contributed by atoms with Crippen molar-refractivity contribution in [1.82, 2.24) is 4.98 Å². The Kier molecular flexibility index (Phi) is 3.97. The summed E-state index contributed by atoms with van der Waals surface area (Å²) in [5, 5.41) is 12.5. The Morgan fingerprint density at radius 1 is 1.48 bits per heavy atom. The number of carbonyl (C=O) groups is 1. The van der Waals surface area contributed by atoms with Gasteiger partial charge in [-0.25, -0.2) is 4.39 Å². The Morgan fingerprint density at radius 2 is 2.24 bits per heavy atom. The van der Waals surface area contributed by atoms with E-state index in [-0.39, 0.29) is 11.8 Å². The van der Waals surface area contributed by atoms with Crippen molar-refractivity contribution in [3.63, 3.8) is 0 Å². The van der Waals surface area contributed by atoms with Gasteiger partial charge in [-0.2, -0.15) is 0 Å². The van der Waals surface area contributed by atoms with Gasteiger partial charge in [0.1, 0.15) is 12.0 Å². The molecule has 1 amide bonds. The van der Waals surface area contributed by atoms with Crippen LogP contribution >= 0.6 is 11.6 Å². The quantitative estimate of drug-likeness (QED) is 0.751. The van der Waals surface area contributed by atoms with Crippen LogP contribution in [-0.4, -0.2) is 27.5 Å². The summed E-state index contributed by atoms with van der Waals surface area (Å²) < 4.78 is 13.3. The van der Waals surface area contributed by atoms with E-state index in [1.54, 1.807) is 12.3 Å². The van der Waals surface area contributed by atoms with Crippen LogP contribution in [-0.2, 0) is 10.4 Å². The Balaban J connectivity index is 1.60. The molecule has 0 aliphatic heterocycles. The summed E-state index contributed by atoms with van der Waals surface area (Å²) in [5.41, 5.74) is 0.0687. The van der Waals surface area contributed by atoms with Crippen LogP contribution in [0.25, 0.3) is 0 Å². The Bertz CT molecular complexity index is 529. The number of amides is 1. The van der Waals surface area contributed by atoms with Gasteiger partial charge < -0.3 is 15.4 Å². The van der Waals surface area contributed by atoms with Gasteiger partial charge in [0.15, 0.2) is 0 Å². The lowest BCUT2D eigenvalue weighted by atomic mass is 9.76. The van der Waals surface area contributed by atoms with Crippen LogP contribution in [0, 0.1) is 5.92 Å². The second kappa shape index (κ2) is 5.61. The predicted octanol–water partition coefficient (Wildman–Crippen LogP) is 3.07. The van der Waals surface area contributed by atoms with Crippen LogP contribution in [0.3, 0.4) is 0 Å². The second-order valence-electron chi connectivity index (χ2n) is 6.22. The van der Waals surface area contributed by atoms with E-state index < -0.39 is 17.1 Å². The molecule has 0 bridgehead atoms. The molecule has 0 saturated heterocycles. The number of aromatic nitrogens is 1. The molecule has 0 spiro atoms. The summed E-state index contributed by atoms with van der Waals surface area (Å²) in [6.07, 6.45) is 4.48. The highest BCUT2D eigenvalue weighted by molar-refractivity contribution is 6.21. The van der Waals surface area contributed by atoms with Crippen molar-refractivity contribution < 1.29 is 14.3 Å². The van der Waals surface area contributed by atoms with Gasteiger partial charge in [0.25, 0.3) is 0 Å². The van der Waals surface area contributed by atoms with Gasteiger partial charge in [0, 0.05) is 17.7 Å². The third-order valence-corrected chi connectivity index (χ3v) is 5.17. The summed E-state index contributed by atoms with van der Waals surface area (Å²) in [6, 6.07) is 1.77. The lowest BCUT2D eigenvalue weighted by molar-refractivity contribution is -0.121. The van der Waals surface area contributed by atoms with E-state index in [2.05, 4.69) is 10.3 Å². The lowest BCUT2D eigenvalue weighted by Crippen LogP contribution is -2.34.